The highest BCUT2D eigenvalue weighted by Gasteiger charge is 2.23. The first kappa shape index (κ1) is 25.5. The molecule has 0 aliphatic heterocycles. The summed E-state index contributed by atoms with van der Waals surface area (Å²) in [5, 5.41) is 0. The van der Waals surface area contributed by atoms with E-state index in [2.05, 4.69) is 69.0 Å². The van der Waals surface area contributed by atoms with Crippen LogP contribution in [0.15, 0.2) is 48.5 Å². The van der Waals surface area contributed by atoms with Gasteiger partial charge >= 0.3 is 0 Å². The number of alkyl halides is 1. The highest BCUT2D eigenvalue weighted by Crippen LogP contribution is 2.33. The second-order valence-corrected chi connectivity index (χ2v) is 8.99. The zero-order valence-corrected chi connectivity index (χ0v) is 20.6. The predicted octanol–water partition coefficient (Wildman–Crippen LogP) is 6.91. The van der Waals surface area contributed by atoms with Crippen LogP contribution < -0.4 is 9.47 Å². The van der Waals surface area contributed by atoms with E-state index in [9.17, 15) is 0 Å². The molecule has 0 aromatic heterocycles. The van der Waals surface area contributed by atoms with E-state index in [1.807, 2.05) is 12.1 Å². The maximum Gasteiger partial charge on any atom is 0.119 e. The lowest BCUT2D eigenvalue weighted by atomic mass is 9.78. The van der Waals surface area contributed by atoms with Gasteiger partial charge in [0.15, 0.2) is 0 Å². The molecule has 31 heavy (non-hydrogen) atoms. The quantitative estimate of drug-likeness (QED) is 0.219. The van der Waals surface area contributed by atoms with E-state index < -0.39 is 0 Å². The standard InChI is InChI=1S/C27H40ClNO2/c1-5-18-29(19-6-2)20-8-22-31-26-15-11-24(12-16-26)27(3,4)23-9-13-25(14-10-23)30-21-7-17-28/h9-16H,5-8,17-22H2,1-4H3. The topological polar surface area (TPSA) is 21.7 Å². The van der Waals surface area contributed by atoms with Crippen molar-refractivity contribution in [2.45, 2.75) is 58.8 Å². The molecule has 0 bridgehead atoms. The highest BCUT2D eigenvalue weighted by atomic mass is 35.5. The molecule has 0 aliphatic carbocycles. The molecule has 0 spiro atoms. The van der Waals surface area contributed by atoms with E-state index in [1.54, 1.807) is 0 Å². The van der Waals surface area contributed by atoms with Crippen molar-refractivity contribution >= 4 is 11.6 Å². The Balaban J connectivity index is 1.88. The van der Waals surface area contributed by atoms with Crippen molar-refractivity contribution in [2.24, 2.45) is 0 Å². The lowest BCUT2D eigenvalue weighted by Gasteiger charge is -2.26. The summed E-state index contributed by atoms with van der Waals surface area (Å²) in [5.41, 5.74) is 2.44. The van der Waals surface area contributed by atoms with E-state index in [0.29, 0.717) is 12.5 Å². The molecule has 3 nitrogen and oxygen atoms in total. The summed E-state index contributed by atoms with van der Waals surface area (Å²) in [7, 11) is 0. The molecule has 0 saturated carbocycles. The Kier molecular flexibility index (Phi) is 11.2. The molecule has 0 aliphatic rings. The number of rotatable bonds is 15. The van der Waals surface area contributed by atoms with Gasteiger partial charge in [-0.3, -0.25) is 0 Å². The van der Waals surface area contributed by atoms with Gasteiger partial charge in [0.25, 0.3) is 0 Å². The number of hydrogen-bond acceptors (Lipinski definition) is 3. The smallest absolute Gasteiger partial charge is 0.119 e. The van der Waals surface area contributed by atoms with Crippen LogP contribution in [0, 0.1) is 0 Å². The van der Waals surface area contributed by atoms with Crippen molar-refractivity contribution in [2.75, 3.05) is 38.7 Å². The van der Waals surface area contributed by atoms with Gasteiger partial charge < -0.3 is 14.4 Å². The third-order valence-electron chi connectivity index (χ3n) is 5.67. The van der Waals surface area contributed by atoms with Gasteiger partial charge in [0, 0.05) is 17.8 Å². The summed E-state index contributed by atoms with van der Waals surface area (Å²) in [5.74, 6) is 2.46. The molecule has 0 saturated heterocycles. The van der Waals surface area contributed by atoms with Gasteiger partial charge in [0.05, 0.1) is 13.2 Å². The molecule has 0 atom stereocenters. The number of hydrogen-bond donors (Lipinski definition) is 0. The van der Waals surface area contributed by atoms with E-state index in [4.69, 9.17) is 21.1 Å². The molecule has 172 valence electrons. The van der Waals surface area contributed by atoms with Gasteiger partial charge in [0.2, 0.25) is 0 Å². The Bertz CT molecular complexity index is 722. The predicted molar refractivity (Wildman–Crippen MR) is 133 cm³/mol. The monoisotopic (exact) mass is 445 g/mol. The highest BCUT2D eigenvalue weighted by molar-refractivity contribution is 6.17. The summed E-state index contributed by atoms with van der Waals surface area (Å²) in [4.78, 5) is 2.53. The molecule has 0 unspecified atom stereocenters. The van der Waals surface area contributed by atoms with Crippen LogP contribution in [0.4, 0.5) is 0 Å². The average Bonchev–Trinajstić information content (AvgIpc) is 2.78. The van der Waals surface area contributed by atoms with Gasteiger partial charge in [-0.05, 0) is 74.2 Å². The van der Waals surface area contributed by atoms with E-state index in [0.717, 1.165) is 37.5 Å². The van der Waals surface area contributed by atoms with Crippen molar-refractivity contribution in [3.63, 3.8) is 0 Å². The largest absolute Gasteiger partial charge is 0.494 e. The van der Waals surface area contributed by atoms with Gasteiger partial charge in [-0.15, -0.1) is 11.6 Å². The molecule has 0 heterocycles. The van der Waals surface area contributed by atoms with Crippen LogP contribution in [0.25, 0.3) is 0 Å². The normalized spacial score (nSPS) is 11.7. The Morgan fingerprint density at radius 1 is 0.710 bits per heavy atom. The van der Waals surface area contributed by atoms with Gasteiger partial charge in [-0.25, -0.2) is 0 Å². The van der Waals surface area contributed by atoms with Crippen molar-refractivity contribution in [3.8, 4) is 11.5 Å². The van der Waals surface area contributed by atoms with E-state index in [1.165, 1.54) is 37.1 Å². The fourth-order valence-corrected chi connectivity index (χ4v) is 3.90. The molecular weight excluding hydrogens is 406 g/mol. The molecular formula is C27H40ClNO2. The first-order chi connectivity index (χ1) is 15.0. The molecule has 0 N–H and O–H groups in total. The van der Waals surface area contributed by atoms with Gasteiger partial charge in [0.1, 0.15) is 11.5 Å². The zero-order valence-electron chi connectivity index (χ0n) is 19.8. The number of halogens is 1. The third-order valence-corrected chi connectivity index (χ3v) is 5.93. The van der Waals surface area contributed by atoms with Crippen molar-refractivity contribution in [3.05, 3.63) is 59.7 Å². The van der Waals surface area contributed by atoms with Crippen LogP contribution in [0.3, 0.4) is 0 Å². The Hall–Kier alpha value is -1.71. The second kappa shape index (κ2) is 13.6. The van der Waals surface area contributed by atoms with Crippen LogP contribution in [0.1, 0.15) is 64.5 Å². The minimum atomic E-state index is -0.0893. The Morgan fingerprint density at radius 3 is 1.58 bits per heavy atom. The lowest BCUT2D eigenvalue weighted by molar-refractivity contribution is 0.234. The number of benzene rings is 2. The van der Waals surface area contributed by atoms with Gasteiger partial charge in [-0.2, -0.15) is 0 Å². The summed E-state index contributed by atoms with van der Waals surface area (Å²) in [6.07, 6.45) is 4.34. The molecule has 0 radical (unpaired) electrons. The third kappa shape index (κ3) is 8.38. The number of nitrogens with zero attached hydrogens (tertiary/aromatic N) is 1. The van der Waals surface area contributed by atoms with Crippen LogP contribution in [0.2, 0.25) is 0 Å². The molecule has 2 aromatic rings. The van der Waals surface area contributed by atoms with Crippen LogP contribution in [0.5, 0.6) is 11.5 Å². The average molecular weight is 446 g/mol. The van der Waals surface area contributed by atoms with E-state index in [-0.39, 0.29) is 5.41 Å². The Morgan fingerprint density at radius 2 is 1.16 bits per heavy atom. The second-order valence-electron chi connectivity index (χ2n) is 8.61. The zero-order chi connectivity index (χ0) is 22.5. The van der Waals surface area contributed by atoms with Crippen LogP contribution in [-0.4, -0.2) is 43.6 Å². The Labute approximate surface area is 194 Å². The first-order valence-electron chi connectivity index (χ1n) is 11.8. The fourth-order valence-electron chi connectivity index (χ4n) is 3.79. The maximum atomic E-state index is 6.00. The van der Waals surface area contributed by atoms with Crippen LogP contribution >= 0.6 is 11.6 Å². The van der Waals surface area contributed by atoms with Crippen molar-refractivity contribution in [1.82, 2.24) is 4.90 Å². The fraction of sp³-hybridized carbons (Fsp3) is 0.556. The molecule has 0 fully saturated rings. The minimum absolute atomic E-state index is 0.0893. The van der Waals surface area contributed by atoms with E-state index >= 15 is 0 Å². The number of ether oxygens (including phenoxy) is 2. The summed E-state index contributed by atoms with van der Waals surface area (Å²) < 4.78 is 11.7. The molecule has 2 aromatic carbocycles. The summed E-state index contributed by atoms with van der Waals surface area (Å²) >= 11 is 5.71. The summed E-state index contributed by atoms with van der Waals surface area (Å²) in [6, 6.07) is 16.9. The van der Waals surface area contributed by atoms with Gasteiger partial charge in [-0.1, -0.05) is 52.0 Å². The van der Waals surface area contributed by atoms with Crippen molar-refractivity contribution < 1.29 is 9.47 Å². The van der Waals surface area contributed by atoms with Crippen LogP contribution in [-0.2, 0) is 5.41 Å². The summed E-state index contributed by atoms with van der Waals surface area (Å²) in [6.45, 7) is 13.9. The maximum absolute atomic E-state index is 6.00. The molecule has 2 rings (SSSR count). The lowest BCUT2D eigenvalue weighted by Crippen LogP contribution is -2.27. The molecule has 0 amide bonds. The first-order valence-corrected chi connectivity index (χ1v) is 12.3. The molecule has 4 heteroatoms. The van der Waals surface area contributed by atoms with Crippen molar-refractivity contribution in [1.29, 1.82) is 0 Å². The minimum Gasteiger partial charge on any atom is -0.494 e. The SMILES string of the molecule is CCCN(CCC)CCCOc1ccc(C(C)(C)c2ccc(OCCCCl)cc2)cc1.